The minimum Gasteiger partial charge on any atom is -0.497 e. The lowest BCUT2D eigenvalue weighted by molar-refractivity contribution is 0.176. The number of nitrogens with one attached hydrogen (secondary N) is 1. The first kappa shape index (κ1) is 13.0. The Morgan fingerprint density at radius 1 is 1.61 bits per heavy atom. The zero-order valence-electron chi connectivity index (χ0n) is 10.0. The molecule has 1 aromatic rings. The summed E-state index contributed by atoms with van der Waals surface area (Å²) in [5.74, 6) is 0.621. The molecule has 0 saturated carbocycles. The largest absolute Gasteiger partial charge is 0.497 e. The summed E-state index contributed by atoms with van der Waals surface area (Å²) in [7, 11) is 1.55. The van der Waals surface area contributed by atoms with Crippen molar-refractivity contribution in [3.05, 3.63) is 23.2 Å². The lowest BCUT2D eigenvalue weighted by atomic mass is 10.3. The van der Waals surface area contributed by atoms with Gasteiger partial charge in [0.15, 0.2) is 0 Å². The van der Waals surface area contributed by atoms with E-state index in [0.717, 1.165) is 0 Å². The molecule has 1 heterocycles. The van der Waals surface area contributed by atoms with E-state index in [0.29, 0.717) is 36.0 Å². The topological polar surface area (TPSA) is 61.8 Å². The molecule has 2 N–H and O–H groups in total. The summed E-state index contributed by atoms with van der Waals surface area (Å²) in [5, 5.41) is 12.5. The zero-order valence-corrected chi connectivity index (χ0v) is 10.8. The molecule has 0 aromatic heterocycles. The van der Waals surface area contributed by atoms with Gasteiger partial charge in [-0.25, -0.2) is 4.79 Å². The number of carbonyl (C=O) groups is 1. The van der Waals surface area contributed by atoms with E-state index in [1.165, 1.54) is 0 Å². The summed E-state index contributed by atoms with van der Waals surface area (Å²) in [5.41, 5.74) is 0.502. The van der Waals surface area contributed by atoms with Gasteiger partial charge in [-0.15, -0.1) is 0 Å². The molecule has 18 heavy (non-hydrogen) atoms. The molecule has 2 amide bonds. The second-order valence-corrected chi connectivity index (χ2v) is 4.57. The third-order valence-corrected chi connectivity index (χ3v) is 3.20. The maximum Gasteiger partial charge on any atom is 0.321 e. The molecule has 1 aliphatic rings. The molecular weight excluding hydrogens is 256 g/mol. The SMILES string of the molecule is COc1ccc(Cl)c(NC(=O)N2CC[C@@H](O)C2)c1. The Labute approximate surface area is 110 Å². The third kappa shape index (κ3) is 2.86. The number of halogens is 1. The summed E-state index contributed by atoms with van der Waals surface area (Å²) >= 11 is 5.99. The average molecular weight is 271 g/mol. The number of anilines is 1. The van der Waals surface area contributed by atoms with Crippen LogP contribution in [0.15, 0.2) is 18.2 Å². The Kier molecular flexibility index (Phi) is 3.93. The molecule has 1 aliphatic heterocycles. The van der Waals surface area contributed by atoms with Crippen molar-refractivity contribution in [2.45, 2.75) is 12.5 Å². The minimum atomic E-state index is -0.434. The number of likely N-dealkylation sites (tertiary alicyclic amines) is 1. The van der Waals surface area contributed by atoms with Gasteiger partial charge in [0.1, 0.15) is 5.75 Å². The maximum atomic E-state index is 11.9. The standard InChI is InChI=1S/C12H15ClN2O3/c1-18-9-2-3-10(13)11(6-9)14-12(17)15-5-4-8(16)7-15/h2-3,6,8,16H,4-5,7H2,1H3,(H,14,17)/t8-/m1/s1. The number of nitrogens with zero attached hydrogens (tertiary/aromatic N) is 1. The number of methoxy groups -OCH3 is 1. The first-order valence-electron chi connectivity index (χ1n) is 5.67. The summed E-state index contributed by atoms with van der Waals surface area (Å²) in [6.45, 7) is 0.905. The van der Waals surface area contributed by atoms with Crippen molar-refractivity contribution in [3.63, 3.8) is 0 Å². The number of carbonyl (C=O) groups excluding carboxylic acids is 1. The van der Waals surface area contributed by atoms with E-state index in [9.17, 15) is 9.90 Å². The second-order valence-electron chi connectivity index (χ2n) is 4.16. The van der Waals surface area contributed by atoms with Crippen molar-refractivity contribution in [2.75, 3.05) is 25.5 Å². The number of urea groups is 1. The number of rotatable bonds is 2. The normalized spacial score (nSPS) is 18.8. The van der Waals surface area contributed by atoms with Crippen LogP contribution in [0.2, 0.25) is 5.02 Å². The monoisotopic (exact) mass is 270 g/mol. The van der Waals surface area contributed by atoms with E-state index in [2.05, 4.69) is 5.32 Å². The maximum absolute atomic E-state index is 11.9. The Hall–Kier alpha value is -1.46. The highest BCUT2D eigenvalue weighted by molar-refractivity contribution is 6.33. The predicted octanol–water partition coefficient (Wildman–Crippen LogP) is 1.95. The van der Waals surface area contributed by atoms with Crippen molar-refractivity contribution in [1.29, 1.82) is 0 Å². The van der Waals surface area contributed by atoms with Crippen LogP contribution in [0.3, 0.4) is 0 Å². The van der Waals surface area contributed by atoms with Gasteiger partial charge in [0.2, 0.25) is 0 Å². The average Bonchev–Trinajstić information content (AvgIpc) is 2.79. The molecule has 2 rings (SSSR count). The van der Waals surface area contributed by atoms with E-state index >= 15 is 0 Å². The number of amides is 2. The van der Waals surface area contributed by atoms with Gasteiger partial charge in [-0.1, -0.05) is 11.6 Å². The lowest BCUT2D eigenvalue weighted by Gasteiger charge is -2.17. The van der Waals surface area contributed by atoms with Gasteiger partial charge in [0, 0.05) is 19.2 Å². The van der Waals surface area contributed by atoms with Gasteiger partial charge in [0.25, 0.3) is 0 Å². The lowest BCUT2D eigenvalue weighted by Crippen LogP contribution is -2.33. The van der Waals surface area contributed by atoms with Gasteiger partial charge in [-0.2, -0.15) is 0 Å². The van der Waals surface area contributed by atoms with E-state index in [1.807, 2.05) is 0 Å². The molecule has 0 aliphatic carbocycles. The number of hydrogen-bond acceptors (Lipinski definition) is 3. The summed E-state index contributed by atoms with van der Waals surface area (Å²) in [4.78, 5) is 13.5. The molecule has 5 nitrogen and oxygen atoms in total. The van der Waals surface area contributed by atoms with Crippen molar-refractivity contribution in [3.8, 4) is 5.75 Å². The molecule has 1 fully saturated rings. The van der Waals surface area contributed by atoms with Crippen LogP contribution in [0.1, 0.15) is 6.42 Å². The van der Waals surface area contributed by atoms with Crippen LogP contribution in [0.5, 0.6) is 5.75 Å². The fourth-order valence-electron chi connectivity index (χ4n) is 1.85. The van der Waals surface area contributed by atoms with Crippen LogP contribution in [-0.2, 0) is 0 Å². The van der Waals surface area contributed by atoms with Crippen molar-refractivity contribution < 1.29 is 14.6 Å². The number of aliphatic hydroxyl groups excluding tert-OH is 1. The molecule has 1 aromatic carbocycles. The smallest absolute Gasteiger partial charge is 0.321 e. The van der Waals surface area contributed by atoms with E-state index in [-0.39, 0.29) is 6.03 Å². The second kappa shape index (κ2) is 5.46. The Morgan fingerprint density at radius 3 is 3.00 bits per heavy atom. The number of benzene rings is 1. The van der Waals surface area contributed by atoms with Crippen LogP contribution in [0.25, 0.3) is 0 Å². The van der Waals surface area contributed by atoms with Gasteiger partial charge in [-0.05, 0) is 18.6 Å². The fourth-order valence-corrected chi connectivity index (χ4v) is 2.01. The Bertz CT molecular complexity index is 453. The molecule has 1 saturated heterocycles. The van der Waals surface area contributed by atoms with Gasteiger partial charge in [0.05, 0.1) is 23.9 Å². The van der Waals surface area contributed by atoms with Crippen LogP contribution in [0.4, 0.5) is 10.5 Å². The van der Waals surface area contributed by atoms with Crippen LogP contribution in [0, 0.1) is 0 Å². The minimum absolute atomic E-state index is 0.262. The summed E-state index contributed by atoms with van der Waals surface area (Å²) < 4.78 is 5.07. The first-order valence-corrected chi connectivity index (χ1v) is 6.05. The highest BCUT2D eigenvalue weighted by atomic mass is 35.5. The van der Waals surface area contributed by atoms with Gasteiger partial charge in [-0.3, -0.25) is 0 Å². The highest BCUT2D eigenvalue weighted by Gasteiger charge is 2.24. The van der Waals surface area contributed by atoms with Crippen molar-refractivity contribution >= 4 is 23.3 Å². The Morgan fingerprint density at radius 2 is 2.39 bits per heavy atom. The predicted molar refractivity (Wildman–Crippen MR) is 69.2 cm³/mol. The van der Waals surface area contributed by atoms with Gasteiger partial charge < -0.3 is 20.1 Å². The quantitative estimate of drug-likeness (QED) is 0.863. The van der Waals surface area contributed by atoms with E-state index < -0.39 is 6.10 Å². The van der Waals surface area contributed by atoms with Crippen LogP contribution in [-0.4, -0.2) is 42.3 Å². The van der Waals surface area contributed by atoms with Crippen LogP contribution < -0.4 is 10.1 Å². The van der Waals surface area contributed by atoms with Gasteiger partial charge >= 0.3 is 6.03 Å². The summed E-state index contributed by atoms with van der Waals surface area (Å²) in [6, 6.07) is 4.78. The molecule has 98 valence electrons. The zero-order chi connectivity index (χ0) is 13.1. The molecule has 0 bridgehead atoms. The van der Waals surface area contributed by atoms with Crippen molar-refractivity contribution in [2.24, 2.45) is 0 Å². The van der Waals surface area contributed by atoms with E-state index in [1.54, 1.807) is 30.2 Å². The molecule has 1 atom stereocenters. The number of ether oxygens (including phenoxy) is 1. The molecule has 0 radical (unpaired) electrons. The highest BCUT2D eigenvalue weighted by Crippen LogP contribution is 2.27. The number of aliphatic hydroxyl groups is 1. The third-order valence-electron chi connectivity index (χ3n) is 2.87. The summed E-state index contributed by atoms with van der Waals surface area (Å²) in [6.07, 6.45) is 0.177. The molecule has 0 spiro atoms. The van der Waals surface area contributed by atoms with Crippen LogP contribution >= 0.6 is 11.6 Å². The van der Waals surface area contributed by atoms with Crippen molar-refractivity contribution in [1.82, 2.24) is 4.90 Å². The molecule has 0 unspecified atom stereocenters. The number of β-amino-alcohol motifs (C(OH)–C–C–N with tert-alkyl or cyclic N) is 1. The van der Waals surface area contributed by atoms with E-state index in [4.69, 9.17) is 16.3 Å². The molecular formula is C12H15ClN2O3. The molecule has 6 heteroatoms. The number of hydrogen-bond donors (Lipinski definition) is 2. The fraction of sp³-hybridized carbons (Fsp3) is 0.417. The first-order chi connectivity index (χ1) is 8.60. The Balaban J connectivity index is 2.06.